The van der Waals surface area contributed by atoms with E-state index in [4.69, 9.17) is 0 Å². The van der Waals surface area contributed by atoms with Gasteiger partial charge in [-0.05, 0) is 0 Å². The number of benzene rings is 1. The molecule has 1 N–H and O–H groups in total. The first-order chi connectivity index (χ1) is 13.4. The van der Waals surface area contributed by atoms with Crippen LogP contribution in [-0.2, 0) is 0 Å². The molecular formula is C25H33BFN. The van der Waals surface area contributed by atoms with Gasteiger partial charge in [-0.2, -0.15) is 0 Å². The molecule has 0 aliphatic carbocycles. The van der Waals surface area contributed by atoms with Crippen LogP contribution < -0.4 is 0 Å². The molecule has 0 saturated carbocycles. The quantitative estimate of drug-likeness (QED) is 0.439. The Hall–Kier alpha value is -2.16. The molecule has 1 aromatic heterocycles. The SMILES string of the molecule is B=CCC(C)CC(CCC)C(=C)c1cc(-c2ccc(F)cc2)[nH]c1/C(C)=C\C. The number of rotatable bonds is 10. The Morgan fingerprint density at radius 3 is 2.54 bits per heavy atom. The van der Waals surface area contributed by atoms with Crippen molar-refractivity contribution in [3.05, 3.63) is 60.1 Å². The predicted octanol–water partition coefficient (Wildman–Crippen LogP) is 6.79. The number of hydrogen-bond acceptors (Lipinski definition) is 0. The topological polar surface area (TPSA) is 15.8 Å². The predicted molar refractivity (Wildman–Crippen MR) is 125 cm³/mol. The van der Waals surface area contributed by atoms with E-state index in [2.05, 4.69) is 58.9 Å². The molecule has 2 unspecified atom stereocenters. The fourth-order valence-electron chi connectivity index (χ4n) is 3.82. The number of hydrogen-bond donors (Lipinski definition) is 1. The van der Waals surface area contributed by atoms with Crippen molar-refractivity contribution >= 4 is 24.6 Å². The second-order valence-electron chi connectivity index (χ2n) is 7.83. The van der Waals surface area contributed by atoms with Crippen molar-refractivity contribution in [2.75, 3.05) is 0 Å². The fraction of sp³-hybridized carbons (Fsp3) is 0.400. The number of halogens is 1. The van der Waals surface area contributed by atoms with Gasteiger partial charge < -0.3 is 0 Å². The van der Waals surface area contributed by atoms with Gasteiger partial charge in [0.25, 0.3) is 0 Å². The van der Waals surface area contributed by atoms with Crippen molar-refractivity contribution < 1.29 is 4.39 Å². The normalized spacial score (nSPS) is 13.9. The second kappa shape index (κ2) is 10.4. The molecule has 2 atom stereocenters. The standard InChI is InChI=1S/C25H33BFN/c1-6-8-21(15-17(3)13-14-26)19(5)23-16-24(28-25(23)18(4)7-2)20-9-11-22(27)12-10-20/h7,9-12,14,16-17,21,26,28H,5-6,8,13,15H2,1-4H3/b18-7-. The molecule has 1 aromatic carbocycles. The molecule has 0 aliphatic rings. The molecule has 2 rings (SSSR count). The van der Waals surface area contributed by atoms with Gasteiger partial charge in [-0.25, -0.2) is 4.39 Å². The van der Waals surface area contributed by atoms with E-state index in [0.29, 0.717) is 11.8 Å². The molecule has 0 amide bonds. The summed E-state index contributed by atoms with van der Waals surface area (Å²) in [4.78, 5) is 3.56. The molecule has 148 valence electrons. The third kappa shape index (κ3) is 5.44. The summed E-state index contributed by atoms with van der Waals surface area (Å²) in [6.07, 6.45) is 6.53. The molecular weight excluding hydrogens is 344 g/mol. The number of aromatic amines is 1. The summed E-state index contributed by atoms with van der Waals surface area (Å²) in [5.74, 6) is 2.83. The van der Waals surface area contributed by atoms with E-state index in [-0.39, 0.29) is 5.82 Å². The summed E-state index contributed by atoms with van der Waals surface area (Å²) in [7, 11) is 3.89. The van der Waals surface area contributed by atoms with E-state index < -0.39 is 0 Å². The molecule has 28 heavy (non-hydrogen) atoms. The summed E-state index contributed by atoms with van der Waals surface area (Å²) in [6.45, 7) is 13.2. The van der Waals surface area contributed by atoms with Gasteiger partial charge in [-0.15, -0.1) is 0 Å². The van der Waals surface area contributed by atoms with E-state index >= 15 is 0 Å². The zero-order valence-electron chi connectivity index (χ0n) is 17.8. The van der Waals surface area contributed by atoms with Crippen molar-refractivity contribution in [3.8, 4) is 11.3 Å². The summed E-state index contributed by atoms with van der Waals surface area (Å²) in [5, 5.41) is 0. The molecule has 0 saturated heterocycles. The number of nitrogens with one attached hydrogen (secondary N) is 1. The van der Waals surface area contributed by atoms with Gasteiger partial charge in [-0.3, -0.25) is 0 Å². The number of H-pyrrole nitrogens is 1. The average molecular weight is 377 g/mol. The Labute approximate surface area is 170 Å². The molecule has 0 aliphatic heterocycles. The molecule has 0 fully saturated rings. The zero-order valence-corrected chi connectivity index (χ0v) is 17.8. The Balaban J connectivity index is 2.43. The Morgan fingerprint density at radius 1 is 1.29 bits per heavy atom. The first kappa shape index (κ1) is 22.1. The van der Waals surface area contributed by atoms with Gasteiger partial charge in [0.15, 0.2) is 0 Å². The maximum absolute atomic E-state index is 13.3. The summed E-state index contributed by atoms with van der Waals surface area (Å²) in [6, 6.07) is 8.82. The van der Waals surface area contributed by atoms with Crippen molar-refractivity contribution in [1.29, 1.82) is 0 Å². The van der Waals surface area contributed by atoms with Gasteiger partial charge in [-0.1, -0.05) is 0 Å². The van der Waals surface area contributed by atoms with Crippen molar-refractivity contribution in [1.82, 2.24) is 4.98 Å². The Bertz CT molecular complexity index is 829. The van der Waals surface area contributed by atoms with Crippen LogP contribution >= 0.6 is 0 Å². The van der Waals surface area contributed by atoms with Crippen molar-refractivity contribution in [3.63, 3.8) is 0 Å². The molecule has 1 heterocycles. The van der Waals surface area contributed by atoms with Gasteiger partial charge in [0.1, 0.15) is 5.82 Å². The molecule has 2 aromatic rings. The summed E-state index contributed by atoms with van der Waals surface area (Å²) >= 11 is 0. The zero-order chi connectivity index (χ0) is 20.7. The van der Waals surface area contributed by atoms with Crippen LogP contribution in [0.5, 0.6) is 0 Å². The Morgan fingerprint density at radius 2 is 1.96 bits per heavy atom. The molecule has 0 spiro atoms. The maximum atomic E-state index is 13.3. The van der Waals surface area contributed by atoms with E-state index in [1.165, 1.54) is 28.8 Å². The van der Waals surface area contributed by atoms with Crippen LogP contribution in [0.15, 0.2) is 43.0 Å². The fourth-order valence-corrected chi connectivity index (χ4v) is 3.82. The van der Waals surface area contributed by atoms with Crippen LogP contribution in [-0.4, -0.2) is 18.4 Å². The van der Waals surface area contributed by atoms with Gasteiger partial charge >= 0.3 is 160 Å². The van der Waals surface area contributed by atoms with E-state index in [1.807, 2.05) is 18.1 Å². The number of aromatic nitrogens is 1. The minimum absolute atomic E-state index is 0.219. The van der Waals surface area contributed by atoms with Crippen LogP contribution in [0, 0.1) is 17.7 Å². The third-order valence-electron chi connectivity index (χ3n) is 5.53. The first-order valence-electron chi connectivity index (χ1n) is 10.3. The van der Waals surface area contributed by atoms with E-state index in [0.717, 1.165) is 42.6 Å². The van der Waals surface area contributed by atoms with Crippen LogP contribution in [0.3, 0.4) is 0 Å². The Kier molecular flexibility index (Phi) is 8.23. The third-order valence-corrected chi connectivity index (χ3v) is 5.53. The summed E-state index contributed by atoms with van der Waals surface area (Å²) < 4.78 is 13.3. The molecule has 1 nitrogen and oxygen atoms in total. The molecule has 0 radical (unpaired) electrons. The van der Waals surface area contributed by atoms with Crippen molar-refractivity contribution in [2.45, 2.75) is 53.4 Å². The van der Waals surface area contributed by atoms with Gasteiger partial charge in [0.2, 0.25) is 0 Å². The monoisotopic (exact) mass is 377 g/mol. The molecule has 3 heteroatoms. The first-order valence-corrected chi connectivity index (χ1v) is 10.3. The second-order valence-corrected chi connectivity index (χ2v) is 7.83. The van der Waals surface area contributed by atoms with Crippen molar-refractivity contribution in [2.24, 2.45) is 11.8 Å². The van der Waals surface area contributed by atoms with Crippen LogP contribution in [0.4, 0.5) is 4.39 Å². The van der Waals surface area contributed by atoms with Gasteiger partial charge in [0, 0.05) is 0 Å². The summed E-state index contributed by atoms with van der Waals surface area (Å²) in [5.41, 5.74) is 6.67. The van der Waals surface area contributed by atoms with E-state index in [1.54, 1.807) is 0 Å². The van der Waals surface area contributed by atoms with Crippen LogP contribution in [0.25, 0.3) is 22.4 Å². The average Bonchev–Trinajstić information content (AvgIpc) is 3.12. The van der Waals surface area contributed by atoms with Crippen LogP contribution in [0.2, 0.25) is 0 Å². The van der Waals surface area contributed by atoms with Gasteiger partial charge in [0.05, 0.1) is 0 Å². The minimum atomic E-state index is -0.219. The number of allylic oxidation sites excluding steroid dienone is 3. The van der Waals surface area contributed by atoms with E-state index in [9.17, 15) is 4.39 Å². The molecule has 0 bridgehead atoms. The van der Waals surface area contributed by atoms with Crippen LogP contribution in [0.1, 0.15) is 64.6 Å².